The maximum atomic E-state index is 10.3. The molecule has 0 amide bonds. The molecular formula is C17H19N3O. The first-order valence-corrected chi connectivity index (χ1v) is 7.08. The first-order valence-electron chi connectivity index (χ1n) is 7.08. The molecule has 0 fully saturated rings. The molecule has 0 saturated carbocycles. The van der Waals surface area contributed by atoms with E-state index in [4.69, 9.17) is 0 Å². The van der Waals surface area contributed by atoms with Crippen LogP contribution in [0, 0.1) is 0 Å². The Morgan fingerprint density at radius 3 is 2.76 bits per heavy atom. The molecule has 2 aromatic carbocycles. The summed E-state index contributed by atoms with van der Waals surface area (Å²) in [6.45, 7) is 1.15. The molecule has 4 nitrogen and oxygen atoms in total. The first-order chi connectivity index (χ1) is 10.2. The van der Waals surface area contributed by atoms with Crippen LogP contribution in [-0.2, 0) is 13.6 Å². The van der Waals surface area contributed by atoms with Crippen LogP contribution in [0.4, 0.5) is 0 Å². The molecule has 1 atom stereocenters. The zero-order valence-electron chi connectivity index (χ0n) is 12.0. The van der Waals surface area contributed by atoms with Crippen molar-refractivity contribution in [2.45, 2.75) is 12.6 Å². The van der Waals surface area contributed by atoms with Gasteiger partial charge in [0.1, 0.15) is 5.82 Å². The second kappa shape index (κ2) is 6.08. The van der Waals surface area contributed by atoms with Gasteiger partial charge in [-0.25, -0.2) is 4.98 Å². The summed E-state index contributed by atoms with van der Waals surface area (Å²) in [7, 11) is 1.96. The van der Waals surface area contributed by atoms with Crippen molar-refractivity contribution in [1.29, 1.82) is 0 Å². The van der Waals surface area contributed by atoms with E-state index in [0.717, 1.165) is 16.8 Å². The second-order valence-corrected chi connectivity index (χ2v) is 5.21. The molecule has 1 unspecified atom stereocenters. The van der Waals surface area contributed by atoms with Gasteiger partial charge in [-0.3, -0.25) is 0 Å². The Hall–Kier alpha value is -2.17. The number of hydrogen-bond acceptors (Lipinski definition) is 3. The van der Waals surface area contributed by atoms with Gasteiger partial charge in [0, 0.05) is 26.0 Å². The molecule has 0 aliphatic carbocycles. The third kappa shape index (κ3) is 3.12. The van der Waals surface area contributed by atoms with Gasteiger partial charge < -0.3 is 15.0 Å². The average Bonchev–Trinajstić information content (AvgIpc) is 2.92. The lowest BCUT2D eigenvalue weighted by atomic mass is 10.0. The SMILES string of the molecule is Cn1ccnc1CNCC(O)c1ccc2ccccc2c1. The lowest BCUT2D eigenvalue weighted by Crippen LogP contribution is -2.22. The summed E-state index contributed by atoms with van der Waals surface area (Å²) in [4.78, 5) is 4.25. The van der Waals surface area contributed by atoms with Crippen LogP contribution in [0.25, 0.3) is 10.8 Å². The molecule has 1 heterocycles. The number of aryl methyl sites for hydroxylation is 1. The van der Waals surface area contributed by atoms with Crippen LogP contribution in [0.5, 0.6) is 0 Å². The van der Waals surface area contributed by atoms with E-state index in [1.807, 2.05) is 48.1 Å². The van der Waals surface area contributed by atoms with Crippen molar-refractivity contribution < 1.29 is 5.11 Å². The molecular weight excluding hydrogens is 262 g/mol. The van der Waals surface area contributed by atoms with Gasteiger partial charge in [0.25, 0.3) is 0 Å². The maximum absolute atomic E-state index is 10.3. The van der Waals surface area contributed by atoms with E-state index in [-0.39, 0.29) is 0 Å². The van der Waals surface area contributed by atoms with E-state index in [1.165, 1.54) is 5.39 Å². The minimum atomic E-state index is -0.519. The number of hydrogen-bond donors (Lipinski definition) is 2. The van der Waals surface area contributed by atoms with Crippen molar-refractivity contribution in [3.63, 3.8) is 0 Å². The van der Waals surface area contributed by atoms with Gasteiger partial charge in [-0.2, -0.15) is 0 Å². The summed E-state index contributed by atoms with van der Waals surface area (Å²) in [5.74, 6) is 0.959. The van der Waals surface area contributed by atoms with E-state index in [0.29, 0.717) is 13.1 Å². The molecule has 3 aromatic rings. The third-order valence-corrected chi connectivity index (χ3v) is 3.70. The predicted octanol–water partition coefficient (Wildman–Crippen LogP) is 2.40. The van der Waals surface area contributed by atoms with Gasteiger partial charge in [-0.05, 0) is 22.4 Å². The van der Waals surface area contributed by atoms with Crippen LogP contribution in [0.2, 0.25) is 0 Å². The number of fused-ring (bicyclic) bond motifs is 1. The Labute approximate surface area is 124 Å². The second-order valence-electron chi connectivity index (χ2n) is 5.21. The number of nitrogens with one attached hydrogen (secondary N) is 1. The molecule has 0 aliphatic heterocycles. The third-order valence-electron chi connectivity index (χ3n) is 3.70. The summed E-state index contributed by atoms with van der Waals surface area (Å²) in [5, 5.41) is 15.9. The minimum Gasteiger partial charge on any atom is -0.387 e. The average molecular weight is 281 g/mol. The molecule has 0 aliphatic rings. The van der Waals surface area contributed by atoms with Crippen molar-refractivity contribution in [1.82, 2.24) is 14.9 Å². The van der Waals surface area contributed by atoms with Crippen LogP contribution in [0.3, 0.4) is 0 Å². The summed E-state index contributed by atoms with van der Waals surface area (Å²) in [6, 6.07) is 14.2. The normalized spacial score (nSPS) is 12.7. The molecule has 108 valence electrons. The maximum Gasteiger partial charge on any atom is 0.122 e. The van der Waals surface area contributed by atoms with Crippen molar-refractivity contribution in [2.75, 3.05) is 6.54 Å². The van der Waals surface area contributed by atoms with Crippen LogP contribution in [-0.4, -0.2) is 21.2 Å². The summed E-state index contributed by atoms with van der Waals surface area (Å²) >= 11 is 0. The first kappa shape index (κ1) is 13.8. The number of benzene rings is 2. The van der Waals surface area contributed by atoms with Gasteiger partial charge in [-0.15, -0.1) is 0 Å². The molecule has 4 heteroatoms. The van der Waals surface area contributed by atoms with E-state index in [1.54, 1.807) is 6.20 Å². The number of aromatic nitrogens is 2. The Morgan fingerprint density at radius 1 is 1.19 bits per heavy atom. The van der Waals surface area contributed by atoms with Crippen LogP contribution >= 0.6 is 0 Å². The molecule has 0 bridgehead atoms. The number of rotatable bonds is 5. The smallest absolute Gasteiger partial charge is 0.122 e. The molecule has 3 rings (SSSR count). The Kier molecular flexibility index (Phi) is 3.99. The Morgan fingerprint density at radius 2 is 2.00 bits per heavy atom. The van der Waals surface area contributed by atoms with Gasteiger partial charge in [0.2, 0.25) is 0 Å². The highest BCUT2D eigenvalue weighted by molar-refractivity contribution is 5.83. The topological polar surface area (TPSA) is 50.1 Å². The molecule has 0 spiro atoms. The van der Waals surface area contributed by atoms with Gasteiger partial charge in [-0.1, -0.05) is 36.4 Å². The fourth-order valence-corrected chi connectivity index (χ4v) is 2.42. The quantitative estimate of drug-likeness (QED) is 0.755. The Balaban J connectivity index is 1.63. The number of nitrogens with zero attached hydrogens (tertiary/aromatic N) is 2. The number of aliphatic hydroxyl groups is 1. The number of aliphatic hydroxyl groups excluding tert-OH is 1. The highest BCUT2D eigenvalue weighted by Gasteiger charge is 2.08. The van der Waals surface area contributed by atoms with Crippen LogP contribution in [0.1, 0.15) is 17.5 Å². The summed E-state index contributed by atoms with van der Waals surface area (Å²) in [5.41, 5.74) is 0.932. The molecule has 0 radical (unpaired) electrons. The minimum absolute atomic E-state index is 0.505. The van der Waals surface area contributed by atoms with Gasteiger partial charge in [0.15, 0.2) is 0 Å². The van der Waals surface area contributed by atoms with E-state index in [2.05, 4.69) is 22.4 Å². The van der Waals surface area contributed by atoms with E-state index < -0.39 is 6.10 Å². The van der Waals surface area contributed by atoms with Crippen LogP contribution in [0.15, 0.2) is 54.9 Å². The highest BCUT2D eigenvalue weighted by atomic mass is 16.3. The van der Waals surface area contributed by atoms with Crippen molar-refractivity contribution in [3.05, 3.63) is 66.2 Å². The zero-order chi connectivity index (χ0) is 14.7. The highest BCUT2D eigenvalue weighted by Crippen LogP contribution is 2.20. The largest absolute Gasteiger partial charge is 0.387 e. The lowest BCUT2D eigenvalue weighted by Gasteiger charge is -2.13. The van der Waals surface area contributed by atoms with Crippen molar-refractivity contribution >= 4 is 10.8 Å². The summed E-state index contributed by atoms with van der Waals surface area (Å²) in [6.07, 6.45) is 3.17. The Bertz CT molecular complexity index is 735. The van der Waals surface area contributed by atoms with E-state index in [9.17, 15) is 5.11 Å². The summed E-state index contributed by atoms with van der Waals surface area (Å²) < 4.78 is 1.97. The fourth-order valence-electron chi connectivity index (χ4n) is 2.42. The molecule has 21 heavy (non-hydrogen) atoms. The molecule has 2 N–H and O–H groups in total. The molecule has 1 aromatic heterocycles. The van der Waals surface area contributed by atoms with Gasteiger partial charge in [0.05, 0.1) is 12.6 Å². The predicted molar refractivity (Wildman–Crippen MR) is 83.8 cm³/mol. The standard InChI is InChI=1S/C17H19N3O/c1-20-9-8-19-17(20)12-18-11-16(21)15-7-6-13-4-2-3-5-14(13)10-15/h2-10,16,18,21H,11-12H2,1H3. The van der Waals surface area contributed by atoms with E-state index >= 15 is 0 Å². The van der Waals surface area contributed by atoms with Crippen molar-refractivity contribution in [2.24, 2.45) is 7.05 Å². The van der Waals surface area contributed by atoms with Crippen molar-refractivity contribution in [3.8, 4) is 0 Å². The monoisotopic (exact) mass is 281 g/mol. The zero-order valence-corrected chi connectivity index (χ0v) is 12.0. The van der Waals surface area contributed by atoms with Gasteiger partial charge >= 0.3 is 0 Å². The fraction of sp³-hybridized carbons (Fsp3) is 0.235. The lowest BCUT2D eigenvalue weighted by molar-refractivity contribution is 0.174. The molecule has 0 saturated heterocycles. The van der Waals surface area contributed by atoms with Crippen LogP contribution < -0.4 is 5.32 Å². The number of imidazole rings is 1.